The maximum absolute atomic E-state index is 3.54. The summed E-state index contributed by atoms with van der Waals surface area (Å²) in [5, 5.41) is 0.0000372. The number of unbranched alkanes of at least 4 members (excludes halogenated alkanes) is 5. The van der Waals surface area contributed by atoms with E-state index in [1.807, 2.05) is 0 Å². The van der Waals surface area contributed by atoms with Crippen molar-refractivity contribution < 1.29 is 0 Å². The van der Waals surface area contributed by atoms with Crippen LogP contribution in [-0.4, -0.2) is 6.16 Å². The van der Waals surface area contributed by atoms with E-state index >= 15 is 0 Å². The highest BCUT2D eigenvalue weighted by atomic mass is 79.9. The van der Waals surface area contributed by atoms with E-state index in [9.17, 15) is 0 Å². The highest BCUT2D eigenvalue weighted by Gasteiger charge is 1.96. The second-order valence-electron chi connectivity index (χ2n) is 2.79. The van der Waals surface area contributed by atoms with Crippen molar-refractivity contribution in [2.45, 2.75) is 45.4 Å². The van der Waals surface area contributed by atoms with E-state index in [-0.39, 0.29) is 5.33 Å². The minimum Gasteiger partial charge on any atom is -0.0654 e. The summed E-state index contributed by atoms with van der Waals surface area (Å²) < 4.78 is 0. The molecular weight excluding hydrogens is 287 g/mol. The van der Waals surface area contributed by atoms with E-state index < -0.39 is 0 Å². The molecule has 0 amide bonds. The molecule has 0 unspecified atom stereocenters. The Labute approximate surface area is 87.8 Å². The molecule has 68 valence electrons. The molecule has 0 bridgehead atoms. The van der Waals surface area contributed by atoms with Gasteiger partial charge < -0.3 is 0 Å². The molecule has 0 N–H and O–H groups in total. The third-order valence-corrected chi connectivity index (χ3v) is 4.46. The summed E-state index contributed by atoms with van der Waals surface area (Å²) in [7, 11) is 0. The van der Waals surface area contributed by atoms with E-state index in [0.29, 0.717) is 0 Å². The van der Waals surface area contributed by atoms with Gasteiger partial charge in [-0.2, -0.15) is 0 Å². The van der Waals surface area contributed by atoms with Crippen LogP contribution in [0.3, 0.4) is 0 Å². The molecule has 0 spiro atoms. The topological polar surface area (TPSA) is 0 Å². The third kappa shape index (κ3) is 11.4. The predicted molar refractivity (Wildman–Crippen MR) is 63.0 cm³/mol. The summed E-state index contributed by atoms with van der Waals surface area (Å²) in [5.41, 5.74) is 0. The van der Waals surface area contributed by atoms with Crippen molar-refractivity contribution in [3.8, 4) is 0 Å². The Hall–Kier alpha value is 1.39. The van der Waals surface area contributed by atoms with Gasteiger partial charge in [-0.05, 0) is 43.6 Å². The normalized spacial score (nSPS) is 10.9. The van der Waals surface area contributed by atoms with Gasteiger partial charge in [-0.25, -0.2) is 0 Å². The van der Waals surface area contributed by atoms with Gasteiger partial charge in [0.05, 0.1) is 0 Å². The molecule has 0 atom stereocenters. The van der Waals surface area contributed by atoms with Crippen LogP contribution in [0.2, 0.25) is 0 Å². The van der Waals surface area contributed by atoms with Crippen molar-refractivity contribution >= 4 is 36.3 Å². The summed E-state index contributed by atoms with van der Waals surface area (Å²) in [5.74, 6) is 0. The fourth-order valence-corrected chi connectivity index (χ4v) is 2.98. The Morgan fingerprint density at radius 2 is 1.45 bits per heavy atom. The van der Waals surface area contributed by atoms with Crippen molar-refractivity contribution in [2.75, 3.05) is 6.16 Å². The van der Waals surface area contributed by atoms with Crippen LogP contribution < -0.4 is 0 Å². The van der Waals surface area contributed by atoms with E-state index in [4.69, 9.17) is 0 Å². The number of hydrogen-bond acceptors (Lipinski definition) is 0. The van der Waals surface area contributed by atoms with Gasteiger partial charge in [0.25, 0.3) is 0 Å². The summed E-state index contributed by atoms with van der Waals surface area (Å²) in [6, 6.07) is 0. The molecule has 0 saturated heterocycles. The second kappa shape index (κ2) is 9.48. The van der Waals surface area contributed by atoms with Crippen LogP contribution >= 0.6 is 36.3 Å². The summed E-state index contributed by atoms with van der Waals surface area (Å²) in [4.78, 5) is 0. The lowest BCUT2D eigenvalue weighted by molar-refractivity contribution is 0.627. The van der Waals surface area contributed by atoms with Gasteiger partial charge in [0.2, 0.25) is 0 Å². The van der Waals surface area contributed by atoms with Crippen LogP contribution in [0, 0.1) is 0 Å². The first kappa shape index (κ1) is 12.4. The highest BCUT2D eigenvalue weighted by Crippen LogP contribution is 2.52. The molecule has 0 aromatic carbocycles. The van der Waals surface area contributed by atoms with Crippen molar-refractivity contribution in [2.24, 2.45) is 0 Å². The lowest BCUT2D eigenvalue weighted by Gasteiger charge is -2.00. The molecule has 0 nitrogen and oxygen atoms in total. The average molecular weight is 304 g/mol. The zero-order valence-electron chi connectivity index (χ0n) is 7.15. The first-order valence-electron chi connectivity index (χ1n) is 4.36. The molecule has 0 radical (unpaired) electrons. The van der Waals surface area contributed by atoms with Gasteiger partial charge in [0.15, 0.2) is 0 Å². The molecule has 11 heavy (non-hydrogen) atoms. The first-order chi connectivity index (χ1) is 5.27. The van der Waals surface area contributed by atoms with Gasteiger partial charge in [-0.15, -0.1) is 0 Å². The Morgan fingerprint density at radius 3 is 2.00 bits per heavy atom. The molecule has 3 heteroatoms. The molecule has 0 aliphatic heterocycles. The maximum Gasteiger partial charge on any atom is 0.0346 e. The minimum absolute atomic E-state index is 0.0000372. The number of halogens is 2. The summed E-state index contributed by atoms with van der Waals surface area (Å²) in [6.07, 6.45) is 9.74. The quantitative estimate of drug-likeness (QED) is 0.433. The fraction of sp³-hybridized carbons (Fsp3) is 1.00. The Morgan fingerprint density at radius 1 is 0.909 bits per heavy atom. The zero-order chi connectivity index (χ0) is 8.53. The lowest BCUT2D eigenvalue weighted by Crippen LogP contribution is -1.80. The summed E-state index contributed by atoms with van der Waals surface area (Å²) >= 11 is 7.08. The van der Waals surface area contributed by atoms with Crippen LogP contribution in [0.25, 0.3) is 0 Å². The Balaban J connectivity index is 2.80. The Kier molecular flexibility index (Phi) is 10.7. The smallest absolute Gasteiger partial charge is 0.0346 e. The molecule has 0 saturated carbocycles. The highest BCUT2D eigenvalue weighted by molar-refractivity contribution is 9.69. The largest absolute Gasteiger partial charge is 0.0654 e. The van der Waals surface area contributed by atoms with E-state index in [1.165, 1.54) is 44.7 Å². The molecule has 0 aromatic rings. The maximum atomic E-state index is 3.54. The molecule has 0 fully saturated rings. The molecular formula is C8H17Br2P. The number of rotatable bonds is 7. The fourth-order valence-electron chi connectivity index (χ4n) is 1.01. The second-order valence-corrected chi connectivity index (χ2v) is 11.8. The van der Waals surface area contributed by atoms with Crippen molar-refractivity contribution in [3.05, 3.63) is 0 Å². The minimum atomic E-state index is 0.0000372. The molecule has 0 aliphatic rings. The van der Waals surface area contributed by atoms with Crippen molar-refractivity contribution in [3.63, 3.8) is 0 Å². The van der Waals surface area contributed by atoms with Gasteiger partial charge in [0, 0.05) is 5.33 Å². The van der Waals surface area contributed by atoms with Gasteiger partial charge >= 0.3 is 0 Å². The Bertz CT molecular complexity index is 76.5. The van der Waals surface area contributed by atoms with Crippen LogP contribution in [0.5, 0.6) is 0 Å². The van der Waals surface area contributed by atoms with Crippen LogP contribution in [0.1, 0.15) is 45.4 Å². The monoisotopic (exact) mass is 302 g/mol. The van der Waals surface area contributed by atoms with Crippen LogP contribution in [-0.2, 0) is 0 Å². The zero-order valence-corrected chi connectivity index (χ0v) is 11.2. The van der Waals surface area contributed by atoms with Crippen molar-refractivity contribution in [1.29, 1.82) is 0 Å². The molecule has 0 heterocycles. The van der Waals surface area contributed by atoms with E-state index in [1.54, 1.807) is 0 Å². The molecule has 0 aromatic heterocycles. The third-order valence-electron chi connectivity index (χ3n) is 1.68. The van der Waals surface area contributed by atoms with Crippen LogP contribution in [0.15, 0.2) is 0 Å². The van der Waals surface area contributed by atoms with E-state index in [2.05, 4.69) is 37.9 Å². The van der Waals surface area contributed by atoms with Crippen molar-refractivity contribution in [1.82, 2.24) is 0 Å². The van der Waals surface area contributed by atoms with Gasteiger partial charge in [-0.3, -0.25) is 0 Å². The summed E-state index contributed by atoms with van der Waals surface area (Å²) in [6.45, 7) is 2.26. The average Bonchev–Trinajstić information content (AvgIpc) is 1.96. The lowest BCUT2D eigenvalue weighted by atomic mass is 10.1. The SMILES string of the molecule is CCCCCCCCP(Br)Br. The first-order valence-corrected chi connectivity index (χ1v) is 9.93. The van der Waals surface area contributed by atoms with Crippen LogP contribution in [0.4, 0.5) is 0 Å². The molecule has 0 rings (SSSR count). The van der Waals surface area contributed by atoms with Gasteiger partial charge in [0.1, 0.15) is 0 Å². The van der Waals surface area contributed by atoms with E-state index in [0.717, 1.165) is 0 Å². The predicted octanol–water partition coefficient (Wildman–Crippen LogP) is 5.45. The number of hydrogen-bond donors (Lipinski definition) is 0. The molecule has 0 aliphatic carbocycles. The standard InChI is InChI=1S/C8H17Br2P/c1-2-3-4-5-6-7-8-11(9)10/h2-8H2,1H3. The van der Waals surface area contributed by atoms with Gasteiger partial charge in [-0.1, -0.05) is 39.0 Å².